The van der Waals surface area contributed by atoms with Crippen LogP contribution in [0.1, 0.15) is 38.2 Å². The van der Waals surface area contributed by atoms with Crippen molar-refractivity contribution in [2.75, 3.05) is 6.61 Å². The first-order valence-electron chi connectivity index (χ1n) is 9.68. The van der Waals surface area contributed by atoms with Gasteiger partial charge in [-0.25, -0.2) is 0 Å². The number of fused-ring (bicyclic) bond motifs is 1. The van der Waals surface area contributed by atoms with Gasteiger partial charge >= 0.3 is 0 Å². The fraction of sp³-hybridized carbons (Fsp3) is 0.280. The molecule has 0 saturated heterocycles. The molecule has 0 aromatic heterocycles. The Hall–Kier alpha value is -2.54. The molecule has 0 radical (unpaired) electrons. The maximum absolute atomic E-state index is 6.13. The Morgan fingerprint density at radius 3 is 2.42 bits per heavy atom. The summed E-state index contributed by atoms with van der Waals surface area (Å²) >= 11 is 0. The highest BCUT2D eigenvalue weighted by Gasteiger charge is 2.02. The molecule has 3 aromatic carbocycles. The van der Waals surface area contributed by atoms with E-state index >= 15 is 0 Å². The molecule has 0 unspecified atom stereocenters. The summed E-state index contributed by atoms with van der Waals surface area (Å²) in [5.74, 6) is 0.949. The number of hydrogen-bond donors (Lipinski definition) is 0. The summed E-state index contributed by atoms with van der Waals surface area (Å²) in [6.07, 6.45) is 8.21. The van der Waals surface area contributed by atoms with Crippen LogP contribution in [0.4, 0.5) is 0 Å². The van der Waals surface area contributed by atoms with Crippen molar-refractivity contribution in [1.82, 2.24) is 0 Å². The SMILES string of the molecule is CCCCC/C(=C\Cc1ccccc1)COc1ccc2ccccc2c1. The van der Waals surface area contributed by atoms with Crippen LogP contribution in [0.25, 0.3) is 10.8 Å². The van der Waals surface area contributed by atoms with Gasteiger partial charge in [-0.15, -0.1) is 0 Å². The second-order valence-corrected chi connectivity index (χ2v) is 6.81. The molecule has 0 bridgehead atoms. The molecule has 3 rings (SSSR count). The van der Waals surface area contributed by atoms with Crippen molar-refractivity contribution in [2.24, 2.45) is 0 Å². The van der Waals surface area contributed by atoms with Gasteiger partial charge in [0.15, 0.2) is 0 Å². The van der Waals surface area contributed by atoms with E-state index in [1.54, 1.807) is 0 Å². The standard InChI is InChI=1S/C25H28O/c1-2-3-5-12-22(16-15-21-10-6-4-7-11-21)20-26-25-18-17-23-13-8-9-14-24(23)19-25/h4,6-11,13-14,16-19H,2-3,5,12,15,20H2,1H3/b22-16+. The quantitative estimate of drug-likeness (QED) is 0.301. The molecule has 0 saturated carbocycles. The molecule has 0 aliphatic rings. The Labute approximate surface area is 157 Å². The highest BCUT2D eigenvalue weighted by Crippen LogP contribution is 2.22. The van der Waals surface area contributed by atoms with Crippen molar-refractivity contribution in [3.63, 3.8) is 0 Å². The second-order valence-electron chi connectivity index (χ2n) is 6.81. The monoisotopic (exact) mass is 344 g/mol. The summed E-state index contributed by atoms with van der Waals surface area (Å²) in [6.45, 7) is 2.92. The average Bonchev–Trinajstić information content (AvgIpc) is 2.70. The smallest absolute Gasteiger partial charge is 0.120 e. The Balaban J connectivity index is 1.65. The predicted molar refractivity (Wildman–Crippen MR) is 112 cm³/mol. The van der Waals surface area contributed by atoms with Crippen molar-refractivity contribution >= 4 is 10.8 Å². The van der Waals surface area contributed by atoms with Crippen molar-refractivity contribution in [2.45, 2.75) is 39.0 Å². The van der Waals surface area contributed by atoms with Gasteiger partial charge in [0, 0.05) is 0 Å². The zero-order valence-corrected chi connectivity index (χ0v) is 15.7. The van der Waals surface area contributed by atoms with E-state index in [-0.39, 0.29) is 0 Å². The largest absolute Gasteiger partial charge is 0.489 e. The van der Waals surface area contributed by atoms with Crippen LogP contribution in [0.5, 0.6) is 5.75 Å². The number of unbranched alkanes of at least 4 members (excludes halogenated alkanes) is 2. The van der Waals surface area contributed by atoms with Crippen molar-refractivity contribution < 1.29 is 4.74 Å². The van der Waals surface area contributed by atoms with Crippen molar-refractivity contribution in [3.05, 3.63) is 90.0 Å². The van der Waals surface area contributed by atoms with Crippen molar-refractivity contribution in [1.29, 1.82) is 0 Å². The molecule has 1 nitrogen and oxygen atoms in total. The molecule has 0 amide bonds. The molecular weight excluding hydrogens is 316 g/mol. The molecule has 3 aromatic rings. The van der Waals surface area contributed by atoms with E-state index in [0.29, 0.717) is 6.61 Å². The van der Waals surface area contributed by atoms with Gasteiger partial charge in [-0.1, -0.05) is 86.5 Å². The third kappa shape index (κ3) is 5.49. The zero-order chi connectivity index (χ0) is 18.0. The van der Waals surface area contributed by atoms with Gasteiger partial charge in [0.1, 0.15) is 12.4 Å². The lowest BCUT2D eigenvalue weighted by Gasteiger charge is -2.11. The summed E-state index contributed by atoms with van der Waals surface area (Å²) in [7, 11) is 0. The minimum Gasteiger partial charge on any atom is -0.489 e. The van der Waals surface area contributed by atoms with E-state index < -0.39 is 0 Å². The predicted octanol–water partition coefficient (Wildman–Crippen LogP) is 6.97. The van der Waals surface area contributed by atoms with Crippen LogP contribution >= 0.6 is 0 Å². The molecule has 134 valence electrons. The fourth-order valence-electron chi connectivity index (χ4n) is 3.14. The molecule has 0 aliphatic carbocycles. The van der Waals surface area contributed by atoms with E-state index in [0.717, 1.165) is 18.6 Å². The topological polar surface area (TPSA) is 9.23 Å². The van der Waals surface area contributed by atoms with Crippen LogP contribution in [0.3, 0.4) is 0 Å². The van der Waals surface area contributed by atoms with Crippen LogP contribution in [0.2, 0.25) is 0 Å². The Bertz CT molecular complexity index is 833. The number of benzene rings is 3. The van der Waals surface area contributed by atoms with Crippen LogP contribution in [-0.4, -0.2) is 6.61 Å². The molecule has 0 atom stereocenters. The van der Waals surface area contributed by atoms with Gasteiger partial charge in [0.25, 0.3) is 0 Å². The van der Waals surface area contributed by atoms with Gasteiger partial charge in [0.05, 0.1) is 0 Å². The van der Waals surface area contributed by atoms with Crippen LogP contribution < -0.4 is 4.74 Å². The van der Waals surface area contributed by atoms with Crippen LogP contribution in [0.15, 0.2) is 84.4 Å². The Morgan fingerprint density at radius 2 is 1.62 bits per heavy atom. The third-order valence-corrected chi connectivity index (χ3v) is 4.72. The maximum Gasteiger partial charge on any atom is 0.120 e. The van der Waals surface area contributed by atoms with Gasteiger partial charge in [0.2, 0.25) is 0 Å². The first kappa shape index (κ1) is 18.3. The summed E-state index contributed by atoms with van der Waals surface area (Å²) in [5.41, 5.74) is 2.75. The van der Waals surface area contributed by atoms with Gasteiger partial charge in [-0.05, 0) is 53.3 Å². The minimum atomic E-state index is 0.675. The number of allylic oxidation sites excluding steroid dienone is 1. The average molecular weight is 344 g/mol. The minimum absolute atomic E-state index is 0.675. The maximum atomic E-state index is 6.13. The highest BCUT2D eigenvalue weighted by atomic mass is 16.5. The number of rotatable bonds is 9. The summed E-state index contributed by atoms with van der Waals surface area (Å²) < 4.78 is 6.13. The lowest BCUT2D eigenvalue weighted by atomic mass is 10.0. The highest BCUT2D eigenvalue weighted by molar-refractivity contribution is 5.83. The first-order valence-corrected chi connectivity index (χ1v) is 9.68. The molecule has 0 aliphatic heterocycles. The fourth-order valence-corrected chi connectivity index (χ4v) is 3.14. The number of hydrogen-bond acceptors (Lipinski definition) is 1. The van der Waals surface area contributed by atoms with Gasteiger partial charge in [-0.3, -0.25) is 0 Å². The Morgan fingerprint density at radius 1 is 0.846 bits per heavy atom. The second kappa shape index (κ2) is 9.82. The van der Waals surface area contributed by atoms with Gasteiger partial charge < -0.3 is 4.74 Å². The molecule has 0 N–H and O–H groups in total. The third-order valence-electron chi connectivity index (χ3n) is 4.72. The molecule has 0 fully saturated rings. The molecule has 1 heteroatoms. The van der Waals surface area contributed by atoms with Crippen LogP contribution in [0, 0.1) is 0 Å². The lowest BCUT2D eigenvalue weighted by Crippen LogP contribution is -2.02. The molecule has 0 heterocycles. The van der Waals surface area contributed by atoms with E-state index in [1.165, 1.54) is 41.2 Å². The zero-order valence-electron chi connectivity index (χ0n) is 15.7. The van der Waals surface area contributed by atoms with E-state index in [9.17, 15) is 0 Å². The molecule has 26 heavy (non-hydrogen) atoms. The summed E-state index contributed by atoms with van der Waals surface area (Å²) in [6, 6.07) is 25.4. The summed E-state index contributed by atoms with van der Waals surface area (Å²) in [4.78, 5) is 0. The lowest BCUT2D eigenvalue weighted by molar-refractivity contribution is 0.346. The molecule has 0 spiro atoms. The molecular formula is C25H28O. The van der Waals surface area contributed by atoms with Gasteiger partial charge in [-0.2, -0.15) is 0 Å². The van der Waals surface area contributed by atoms with Crippen molar-refractivity contribution in [3.8, 4) is 5.75 Å². The first-order chi connectivity index (χ1) is 12.8. The van der Waals surface area contributed by atoms with E-state index in [1.807, 2.05) is 0 Å². The summed E-state index contributed by atoms with van der Waals surface area (Å²) in [5, 5.41) is 2.48. The van der Waals surface area contributed by atoms with E-state index in [2.05, 4.69) is 85.8 Å². The number of ether oxygens (including phenoxy) is 1. The van der Waals surface area contributed by atoms with E-state index in [4.69, 9.17) is 4.74 Å². The van der Waals surface area contributed by atoms with Crippen LogP contribution in [-0.2, 0) is 6.42 Å². The normalized spacial score (nSPS) is 11.7. The Kier molecular flexibility index (Phi) is 6.89.